The Morgan fingerprint density at radius 2 is 0.660 bits per heavy atom. The predicted octanol–water partition coefficient (Wildman–Crippen LogP) is 38.7. The second kappa shape index (κ2) is 52.0. The quantitative estimate of drug-likeness (QED) is 0.0148. The van der Waals surface area contributed by atoms with Gasteiger partial charge in [-0.05, 0) is 206 Å². The first-order valence-corrected chi connectivity index (χ1v) is 57.1. The van der Waals surface area contributed by atoms with Gasteiger partial charge in [-0.3, -0.25) is 0 Å². The van der Waals surface area contributed by atoms with Crippen molar-refractivity contribution in [3.05, 3.63) is 249 Å². The summed E-state index contributed by atoms with van der Waals surface area (Å²) in [7, 11) is 0. The molecule has 0 fully saturated rings. The molecule has 2 aliphatic rings. The van der Waals surface area contributed by atoms with Crippen molar-refractivity contribution in [1.82, 2.24) is 24.5 Å². The van der Waals surface area contributed by atoms with Crippen molar-refractivity contribution in [2.24, 2.45) is 0 Å². The molecule has 6 heterocycles. The van der Waals surface area contributed by atoms with E-state index in [1.54, 1.807) is 24.3 Å². The Morgan fingerprint density at radius 3 is 1.05 bits per heavy atom. The molecule has 0 saturated heterocycles. The fourth-order valence-electron chi connectivity index (χ4n) is 22.0. The Morgan fingerprint density at radius 1 is 0.320 bits per heavy atom. The van der Waals surface area contributed by atoms with Crippen LogP contribution in [0.3, 0.4) is 0 Å². The van der Waals surface area contributed by atoms with Crippen molar-refractivity contribution in [3.8, 4) is 80.1 Å². The molecular weight excluding hydrogens is 1800 g/mol. The third-order valence-corrected chi connectivity index (χ3v) is 30.6. The molecule has 14 aromatic rings. The fourth-order valence-corrected chi connectivity index (χ4v) is 22.0. The van der Waals surface area contributed by atoms with Crippen molar-refractivity contribution in [3.63, 3.8) is 0 Å². The summed E-state index contributed by atoms with van der Waals surface area (Å²) in [5.74, 6) is 17.2. The van der Waals surface area contributed by atoms with Crippen LogP contribution in [-0.4, -0.2) is 62.0 Å². The van der Waals surface area contributed by atoms with Gasteiger partial charge in [-0.25, -0.2) is 14.8 Å². The van der Waals surface area contributed by atoms with Gasteiger partial charge in [0.05, 0.1) is 99.1 Å². The van der Waals surface area contributed by atoms with Crippen LogP contribution < -0.4 is 18.9 Å². The average molecular weight is 1970 g/mol. The third kappa shape index (κ3) is 27.2. The van der Waals surface area contributed by atoms with Crippen LogP contribution in [0.2, 0.25) is 0 Å². The van der Waals surface area contributed by atoms with E-state index in [4.69, 9.17) is 28.9 Å². The Balaban J connectivity index is 0.939. The van der Waals surface area contributed by atoms with Crippen LogP contribution in [0.1, 0.15) is 424 Å². The maximum atomic E-state index is 12.4. The number of nitrogens with zero attached hydrogens (tertiary/aromatic N) is 3. The minimum atomic E-state index is -0.998. The zero-order valence-corrected chi connectivity index (χ0v) is 91.2. The first-order valence-electron chi connectivity index (χ1n) is 57.1. The van der Waals surface area contributed by atoms with Crippen LogP contribution in [0.5, 0.6) is 23.0 Å². The highest BCUT2D eigenvalue weighted by atomic mass is 16.5. The number of H-pyrrole nitrogens is 2. The number of nitrogens with one attached hydrogen (secondary N) is 2. The molecule has 0 spiro atoms. The Bertz CT molecular complexity index is 6910. The largest absolute Gasteiger partial charge is 0.493 e. The number of aromatic nitrogens is 5. The number of aromatic carboxylic acids is 1. The lowest BCUT2D eigenvalue weighted by molar-refractivity contribution is 0.0696. The number of carboxylic acids is 1. The van der Waals surface area contributed by atoms with Gasteiger partial charge in [0.15, 0.2) is 0 Å². The van der Waals surface area contributed by atoms with E-state index in [0.29, 0.717) is 95.4 Å². The highest BCUT2D eigenvalue weighted by Crippen LogP contribution is 2.52. The molecular formula is C136H165N5O6. The summed E-state index contributed by atoms with van der Waals surface area (Å²) in [4.78, 5) is 32.5. The van der Waals surface area contributed by atoms with Gasteiger partial charge in [-0.15, -0.1) is 0 Å². The molecule has 16 rings (SSSR count). The molecule has 11 heteroatoms. The molecule has 770 valence electrons. The summed E-state index contributed by atoms with van der Waals surface area (Å²) < 4.78 is 31.7. The maximum absolute atomic E-state index is 12.4. The molecule has 0 unspecified atom stereocenters. The molecule has 147 heavy (non-hydrogen) atoms. The highest BCUT2D eigenvalue weighted by Gasteiger charge is 2.31. The van der Waals surface area contributed by atoms with Gasteiger partial charge < -0.3 is 38.6 Å². The lowest BCUT2D eigenvalue weighted by Crippen LogP contribution is -2.17. The molecule has 2 aliphatic heterocycles. The number of carboxylic acid groups (broad SMARTS) is 1. The van der Waals surface area contributed by atoms with Crippen molar-refractivity contribution >= 4 is 106 Å². The topological polar surface area (TPSA) is 137 Å². The average Bonchev–Trinajstić information content (AvgIpc) is 1.53. The molecule has 11 nitrogen and oxygen atoms in total. The van der Waals surface area contributed by atoms with Crippen LogP contribution in [0.4, 0.5) is 0 Å². The standard InChI is InChI=1S/C136H165N5O6/c1-14-18-22-26-30-34-38-42-46-50-86-144-121-62-56-63-122(145-87-51-47-43-39-35-31-27-23-19-15-2)131(121)127-115-82-78-111(137-115)108(76-68-96-66-69-99(70-67-96)133(142)143)112-79-83-116(138-112)128(132-123(146-88-52-48-44-40-36-32-28-24-20-16-3)64-57-65-124(132)147-89-53-49-45-41-37-33-29-25-21-17-4)118-85-81-114(140-118)109(113-80-84-117(127)139-113)77-73-100-92-119-129-125-104(100)58-54-59-105(125)106-60-55-61-107-110(98-71-74-101(75-72-98)134(5,6)7)94-120(130(129)126(106)107)141(119)95-97-90-102(135(8,9)10)93-103(91-97)136(11,12)13/h54-67,69-72,74-75,78-85,90-94,137,140H,14-53,86-89,95H2,1-13H3,(H,142,143). The van der Waals surface area contributed by atoms with E-state index in [0.717, 1.165) is 138 Å². The van der Waals surface area contributed by atoms with Crippen molar-refractivity contribution < 1.29 is 28.8 Å². The summed E-state index contributed by atoms with van der Waals surface area (Å²) in [5, 5.41) is 19.9. The van der Waals surface area contributed by atoms with E-state index < -0.39 is 5.97 Å². The molecule has 0 aliphatic carbocycles. The number of hydrogen-bond acceptors (Lipinski definition) is 7. The fraction of sp³-hybridized carbons (Fsp3) is 0.449. The second-order valence-electron chi connectivity index (χ2n) is 45.2. The second-order valence-corrected chi connectivity index (χ2v) is 45.2. The molecule has 8 bridgehead atoms. The summed E-state index contributed by atoms with van der Waals surface area (Å²) in [6.45, 7) is 32.9. The van der Waals surface area contributed by atoms with E-state index in [-0.39, 0.29) is 21.8 Å². The van der Waals surface area contributed by atoms with Crippen LogP contribution in [-0.2, 0) is 22.8 Å². The Labute approximate surface area is 878 Å². The van der Waals surface area contributed by atoms with Gasteiger partial charge in [-0.2, -0.15) is 0 Å². The van der Waals surface area contributed by atoms with Crippen molar-refractivity contribution in [2.75, 3.05) is 26.4 Å². The SMILES string of the molecule is CCCCCCCCCCCCOc1cccc(OCCCCCCCCCCCC)c1-c1c2nc(c(C#Cc3cc4c5c6c3cccc6c3cccc6c(-c7ccc(C(C)(C)C)cc7)cc(c5c63)n4Cc3cc(C(C)(C)C)cc(C(C)(C)C)c3)c3ccc([nH]3)c(-c3c(OCCCCCCCCCCCC)cccc3OCCCCCCCCCCCC)c3nc(c(C#Cc4ccc(C(=O)O)cc4)c4ccc1[nH]4)C=C3)C=C2. The van der Waals surface area contributed by atoms with Crippen LogP contribution in [0.15, 0.2) is 176 Å². The molecule has 0 atom stereocenters. The van der Waals surface area contributed by atoms with E-state index in [9.17, 15) is 9.90 Å². The van der Waals surface area contributed by atoms with Crippen molar-refractivity contribution in [2.45, 2.75) is 370 Å². The smallest absolute Gasteiger partial charge is 0.335 e. The van der Waals surface area contributed by atoms with E-state index in [1.165, 1.54) is 256 Å². The third-order valence-electron chi connectivity index (χ3n) is 30.6. The molecule has 10 aromatic carbocycles. The molecule has 4 aromatic heterocycles. The minimum absolute atomic E-state index is 0.0122. The number of carbonyl (C=O) groups is 1. The van der Waals surface area contributed by atoms with Gasteiger partial charge in [0, 0.05) is 61.4 Å². The highest BCUT2D eigenvalue weighted by molar-refractivity contribution is 6.41. The summed E-state index contributed by atoms with van der Waals surface area (Å²) >= 11 is 0. The van der Waals surface area contributed by atoms with Crippen molar-refractivity contribution in [1.29, 1.82) is 0 Å². The normalized spacial score (nSPS) is 12.3. The molecule has 0 saturated carbocycles. The number of rotatable bonds is 54. The van der Waals surface area contributed by atoms with Gasteiger partial charge in [0.1, 0.15) is 23.0 Å². The first-order chi connectivity index (χ1) is 71.6. The van der Waals surface area contributed by atoms with Crippen LogP contribution in [0, 0.1) is 23.7 Å². The van der Waals surface area contributed by atoms with Gasteiger partial charge in [0.25, 0.3) is 0 Å². The molecule has 0 amide bonds. The Kier molecular flexibility index (Phi) is 38.0. The van der Waals surface area contributed by atoms with Crippen LogP contribution >= 0.6 is 0 Å². The monoisotopic (exact) mass is 1960 g/mol. The summed E-state index contributed by atoms with van der Waals surface area (Å²) in [6.07, 6.45) is 57.0. The number of fused-ring (bicyclic) bond motifs is 9. The maximum Gasteiger partial charge on any atom is 0.335 e. The number of benzene rings is 10. The number of aromatic amines is 2. The zero-order valence-electron chi connectivity index (χ0n) is 91.2. The number of ether oxygens (including phenoxy) is 4. The minimum Gasteiger partial charge on any atom is -0.493 e. The molecule has 0 radical (unpaired) electrons. The summed E-state index contributed by atoms with van der Waals surface area (Å²) in [5.41, 5.74) is 21.8. The Hall–Kier alpha value is -12.3. The van der Waals surface area contributed by atoms with E-state index in [2.05, 4.69) is 304 Å². The number of hydrogen-bond donors (Lipinski definition) is 3. The predicted molar refractivity (Wildman–Crippen MR) is 626 cm³/mol. The molecule has 3 N–H and O–H groups in total. The van der Waals surface area contributed by atoms with Gasteiger partial charge >= 0.3 is 5.97 Å². The first kappa shape index (κ1) is 107. The summed E-state index contributed by atoms with van der Waals surface area (Å²) in [6, 6.07) is 63.6. The lowest BCUT2D eigenvalue weighted by Gasteiger charge is -2.26. The van der Waals surface area contributed by atoms with E-state index >= 15 is 0 Å². The lowest BCUT2D eigenvalue weighted by atomic mass is 9.79. The van der Waals surface area contributed by atoms with Gasteiger partial charge in [0.2, 0.25) is 0 Å². The zero-order chi connectivity index (χ0) is 103. The number of unbranched alkanes of at least 4 members (excludes halogenated alkanes) is 36. The van der Waals surface area contributed by atoms with Gasteiger partial charge in [-0.1, -0.05) is 436 Å². The van der Waals surface area contributed by atoms with E-state index in [1.807, 2.05) is 0 Å². The van der Waals surface area contributed by atoms with Crippen LogP contribution in [0.25, 0.3) is 134 Å².